The van der Waals surface area contributed by atoms with Crippen molar-refractivity contribution in [2.45, 2.75) is 19.9 Å². The Hall–Kier alpha value is -2.57. The normalized spacial score (nSPS) is 11.0. The number of nitrogens with two attached hydrogens (primary N) is 1. The molecule has 0 aliphatic heterocycles. The Morgan fingerprint density at radius 2 is 1.85 bits per heavy atom. The van der Waals surface area contributed by atoms with E-state index in [2.05, 4.69) is 10.6 Å². The highest BCUT2D eigenvalue weighted by molar-refractivity contribution is 6.01. The van der Waals surface area contributed by atoms with Crippen molar-refractivity contribution >= 4 is 29.9 Å². The van der Waals surface area contributed by atoms with Crippen LogP contribution in [0.2, 0.25) is 0 Å². The molecule has 0 bridgehead atoms. The van der Waals surface area contributed by atoms with Crippen LogP contribution in [0.4, 0.5) is 5.69 Å². The first kappa shape index (κ1) is 21.5. The smallest absolute Gasteiger partial charge is 0.251 e. The maximum absolute atomic E-state index is 12.2. The second-order valence-corrected chi connectivity index (χ2v) is 5.72. The van der Waals surface area contributed by atoms with Gasteiger partial charge in [0.15, 0.2) is 0 Å². The Balaban J connectivity index is 0.00000338. The monoisotopic (exact) mass is 377 g/mol. The van der Waals surface area contributed by atoms with Gasteiger partial charge >= 0.3 is 0 Å². The molecule has 6 nitrogen and oxygen atoms in total. The molecule has 7 heteroatoms. The fraction of sp³-hybridized carbons (Fsp3) is 0.263. The highest BCUT2D eigenvalue weighted by Gasteiger charge is 2.16. The van der Waals surface area contributed by atoms with Crippen LogP contribution in [0.25, 0.3) is 0 Å². The van der Waals surface area contributed by atoms with Crippen LogP contribution in [0.1, 0.15) is 22.8 Å². The van der Waals surface area contributed by atoms with E-state index in [0.717, 1.165) is 5.56 Å². The Morgan fingerprint density at radius 1 is 1.15 bits per heavy atom. The fourth-order valence-electron chi connectivity index (χ4n) is 2.19. The van der Waals surface area contributed by atoms with Crippen molar-refractivity contribution in [3.8, 4) is 5.75 Å². The van der Waals surface area contributed by atoms with Crippen molar-refractivity contribution in [1.82, 2.24) is 5.32 Å². The van der Waals surface area contributed by atoms with Crippen LogP contribution in [-0.2, 0) is 4.79 Å². The quantitative estimate of drug-likeness (QED) is 0.691. The molecule has 2 rings (SSSR count). The van der Waals surface area contributed by atoms with Crippen LogP contribution in [0.5, 0.6) is 5.75 Å². The van der Waals surface area contributed by atoms with Gasteiger partial charge in [0.1, 0.15) is 18.4 Å². The minimum atomic E-state index is -0.666. The lowest BCUT2D eigenvalue weighted by Crippen LogP contribution is -2.41. The van der Waals surface area contributed by atoms with Gasteiger partial charge in [-0.15, -0.1) is 12.4 Å². The number of hydrogen-bond acceptors (Lipinski definition) is 4. The van der Waals surface area contributed by atoms with E-state index in [4.69, 9.17) is 10.5 Å². The molecule has 0 saturated heterocycles. The summed E-state index contributed by atoms with van der Waals surface area (Å²) in [6, 6.07) is 13.5. The second-order valence-electron chi connectivity index (χ2n) is 5.72. The first-order valence-electron chi connectivity index (χ1n) is 8.11. The molecule has 140 valence electrons. The van der Waals surface area contributed by atoms with Gasteiger partial charge in [-0.3, -0.25) is 9.59 Å². The standard InChI is InChI=1S/C19H23N3O3.ClH/c1-13-4-3-5-15(12-13)19(24)21-14(2)18(23)22-16-6-8-17(9-7-16)25-11-10-20;/h3-9,12,14H,10-11,20H2,1-2H3,(H,21,24)(H,22,23);1H. The molecule has 0 aliphatic carbocycles. The van der Waals surface area contributed by atoms with E-state index >= 15 is 0 Å². The Labute approximate surface area is 159 Å². The number of halogens is 1. The predicted octanol–water partition coefficient (Wildman–Crippen LogP) is 2.51. The van der Waals surface area contributed by atoms with Crippen LogP contribution in [0.3, 0.4) is 0 Å². The molecule has 0 heterocycles. The molecule has 0 spiro atoms. The molecule has 0 aromatic heterocycles. The highest BCUT2D eigenvalue weighted by atomic mass is 35.5. The van der Waals surface area contributed by atoms with Gasteiger partial charge in [0.25, 0.3) is 5.91 Å². The van der Waals surface area contributed by atoms with E-state index in [1.54, 1.807) is 43.3 Å². The molecule has 2 aromatic rings. The number of amides is 2. The summed E-state index contributed by atoms with van der Waals surface area (Å²) in [5.74, 6) is 0.109. The van der Waals surface area contributed by atoms with Crippen molar-refractivity contribution in [3.63, 3.8) is 0 Å². The summed E-state index contributed by atoms with van der Waals surface area (Å²) < 4.78 is 5.38. The van der Waals surface area contributed by atoms with E-state index in [0.29, 0.717) is 30.2 Å². The number of ether oxygens (including phenoxy) is 1. The van der Waals surface area contributed by atoms with E-state index in [-0.39, 0.29) is 24.2 Å². The van der Waals surface area contributed by atoms with E-state index in [1.807, 2.05) is 19.1 Å². The largest absolute Gasteiger partial charge is 0.492 e. The van der Waals surface area contributed by atoms with Gasteiger partial charge in [0, 0.05) is 17.8 Å². The third kappa shape index (κ3) is 6.38. The number of nitrogens with one attached hydrogen (secondary N) is 2. The van der Waals surface area contributed by atoms with E-state index in [1.165, 1.54) is 0 Å². The summed E-state index contributed by atoms with van der Waals surface area (Å²) >= 11 is 0. The molecule has 1 atom stereocenters. The lowest BCUT2D eigenvalue weighted by molar-refractivity contribution is -0.117. The topological polar surface area (TPSA) is 93.5 Å². The van der Waals surface area contributed by atoms with Gasteiger partial charge < -0.3 is 21.1 Å². The summed E-state index contributed by atoms with van der Waals surface area (Å²) in [5, 5.41) is 5.45. The number of carbonyl (C=O) groups excluding carboxylic acids is 2. The first-order chi connectivity index (χ1) is 12.0. The molecular weight excluding hydrogens is 354 g/mol. The maximum Gasteiger partial charge on any atom is 0.251 e. The lowest BCUT2D eigenvalue weighted by Gasteiger charge is -2.15. The Morgan fingerprint density at radius 3 is 2.46 bits per heavy atom. The minimum absolute atomic E-state index is 0. The molecule has 1 unspecified atom stereocenters. The molecular formula is C19H24ClN3O3. The van der Waals surface area contributed by atoms with Gasteiger partial charge in [0.05, 0.1) is 0 Å². The summed E-state index contributed by atoms with van der Waals surface area (Å²) in [4.78, 5) is 24.4. The number of hydrogen-bond donors (Lipinski definition) is 3. The lowest BCUT2D eigenvalue weighted by atomic mass is 10.1. The summed E-state index contributed by atoms with van der Waals surface area (Å²) in [6.45, 7) is 4.43. The zero-order valence-electron chi connectivity index (χ0n) is 14.8. The van der Waals surface area contributed by atoms with Crippen molar-refractivity contribution in [3.05, 3.63) is 59.7 Å². The van der Waals surface area contributed by atoms with Gasteiger partial charge in [-0.1, -0.05) is 17.7 Å². The number of rotatable bonds is 7. The molecule has 0 aliphatic rings. The third-order valence-corrected chi connectivity index (χ3v) is 3.53. The molecule has 2 aromatic carbocycles. The van der Waals surface area contributed by atoms with Gasteiger partial charge in [-0.25, -0.2) is 0 Å². The average Bonchev–Trinajstić information content (AvgIpc) is 2.61. The number of carbonyl (C=O) groups is 2. The first-order valence-corrected chi connectivity index (χ1v) is 8.11. The van der Waals surface area contributed by atoms with Gasteiger partial charge in [-0.2, -0.15) is 0 Å². The predicted molar refractivity (Wildman–Crippen MR) is 105 cm³/mol. The van der Waals surface area contributed by atoms with Crippen LogP contribution < -0.4 is 21.1 Å². The third-order valence-electron chi connectivity index (χ3n) is 3.53. The van der Waals surface area contributed by atoms with Crippen LogP contribution in [-0.4, -0.2) is 31.0 Å². The number of benzene rings is 2. The number of aryl methyl sites for hydroxylation is 1. The van der Waals surface area contributed by atoms with Crippen molar-refractivity contribution in [2.75, 3.05) is 18.5 Å². The highest BCUT2D eigenvalue weighted by Crippen LogP contribution is 2.15. The average molecular weight is 378 g/mol. The van der Waals surface area contributed by atoms with E-state index < -0.39 is 6.04 Å². The summed E-state index contributed by atoms with van der Waals surface area (Å²) in [5.41, 5.74) is 7.52. The van der Waals surface area contributed by atoms with Crippen LogP contribution in [0.15, 0.2) is 48.5 Å². The molecule has 0 fully saturated rings. The number of anilines is 1. The minimum Gasteiger partial charge on any atom is -0.492 e. The Bertz CT molecular complexity index is 735. The maximum atomic E-state index is 12.2. The van der Waals surface area contributed by atoms with Crippen molar-refractivity contribution < 1.29 is 14.3 Å². The molecule has 0 saturated carbocycles. The fourth-order valence-corrected chi connectivity index (χ4v) is 2.19. The zero-order valence-corrected chi connectivity index (χ0v) is 15.6. The van der Waals surface area contributed by atoms with Crippen LogP contribution >= 0.6 is 12.4 Å². The van der Waals surface area contributed by atoms with Gasteiger partial charge in [-0.05, 0) is 50.2 Å². The molecule has 4 N–H and O–H groups in total. The second kappa shape index (κ2) is 10.4. The Kier molecular flexibility index (Phi) is 8.61. The van der Waals surface area contributed by atoms with Crippen LogP contribution in [0, 0.1) is 6.92 Å². The van der Waals surface area contributed by atoms with Crippen molar-refractivity contribution in [2.24, 2.45) is 5.73 Å². The molecule has 2 amide bonds. The zero-order chi connectivity index (χ0) is 18.2. The van der Waals surface area contributed by atoms with E-state index in [9.17, 15) is 9.59 Å². The van der Waals surface area contributed by atoms with Crippen molar-refractivity contribution in [1.29, 1.82) is 0 Å². The SMILES string of the molecule is Cc1cccc(C(=O)NC(C)C(=O)Nc2ccc(OCCN)cc2)c1.Cl. The summed E-state index contributed by atoms with van der Waals surface area (Å²) in [6.07, 6.45) is 0. The summed E-state index contributed by atoms with van der Waals surface area (Å²) in [7, 11) is 0. The van der Waals surface area contributed by atoms with Gasteiger partial charge in [0.2, 0.25) is 5.91 Å². The molecule has 26 heavy (non-hydrogen) atoms. The molecule has 0 radical (unpaired) electrons.